The average molecular weight is 457 g/mol. The maximum absolute atomic E-state index is 12.8. The van der Waals surface area contributed by atoms with Crippen molar-refractivity contribution in [1.29, 1.82) is 5.41 Å². The Balaban J connectivity index is 1.37. The zero-order valence-corrected chi connectivity index (χ0v) is 18.6. The predicted molar refractivity (Wildman–Crippen MR) is 127 cm³/mol. The molecule has 0 radical (unpaired) electrons. The van der Waals surface area contributed by atoms with E-state index >= 15 is 0 Å². The van der Waals surface area contributed by atoms with Crippen LogP contribution < -0.4 is 42.6 Å². The summed E-state index contributed by atoms with van der Waals surface area (Å²) in [4.78, 5) is 17.1. The summed E-state index contributed by atoms with van der Waals surface area (Å²) in [6, 6.07) is 6.04. The molecule has 0 atom stereocenters. The minimum absolute atomic E-state index is 0.00245. The monoisotopic (exact) mass is 456 g/mol. The van der Waals surface area contributed by atoms with E-state index in [0.29, 0.717) is 54.5 Å². The molecule has 8 N–H and O–H groups in total. The number of benzene rings is 1. The van der Waals surface area contributed by atoms with Gasteiger partial charge in [0.1, 0.15) is 18.0 Å². The highest BCUT2D eigenvalue weighted by Crippen LogP contribution is 2.45. The third kappa shape index (κ3) is 5.55. The Bertz CT molecular complexity index is 1030. The van der Waals surface area contributed by atoms with E-state index in [1.54, 1.807) is 10.8 Å². The Labute approximate surface area is 192 Å². The summed E-state index contributed by atoms with van der Waals surface area (Å²) < 4.78 is 13.4. The number of hydrogen-bond acceptors (Lipinski definition) is 8. The summed E-state index contributed by atoms with van der Waals surface area (Å²) in [7, 11) is 0. The van der Waals surface area contributed by atoms with Gasteiger partial charge >= 0.3 is 5.69 Å². The van der Waals surface area contributed by atoms with Gasteiger partial charge in [-0.15, -0.1) is 0 Å². The van der Waals surface area contributed by atoms with Gasteiger partial charge in [-0.3, -0.25) is 9.98 Å². The highest BCUT2D eigenvalue weighted by molar-refractivity contribution is 5.77. The smallest absolute Gasteiger partial charge is 0.350 e. The average Bonchev–Trinajstić information content (AvgIpc) is 2.81. The van der Waals surface area contributed by atoms with Crippen molar-refractivity contribution in [3.63, 3.8) is 0 Å². The van der Waals surface area contributed by atoms with Crippen LogP contribution in [0.5, 0.6) is 17.2 Å². The third-order valence-corrected chi connectivity index (χ3v) is 5.94. The zero-order valence-electron chi connectivity index (χ0n) is 18.6. The molecule has 178 valence electrons. The van der Waals surface area contributed by atoms with Gasteiger partial charge in [-0.1, -0.05) is 6.07 Å². The Morgan fingerprint density at radius 3 is 2.85 bits per heavy atom. The fraction of sp³-hybridized carbons (Fsp3) is 0.500. The Hall–Kier alpha value is -3.31. The maximum Gasteiger partial charge on any atom is 0.350 e. The van der Waals surface area contributed by atoms with E-state index in [2.05, 4.69) is 20.9 Å². The standard InChI is InChI=1S/C22H32N8O3/c23-9-12-32-16-3-1-4-17-19(16)28-20-18(33-17)13-30(22(31)29-20)15-7-5-14(6-8-15)26-10-2-11-27-21(24)25/h1,3-4,13-15,26H,2,5-12,23H2,(H4,24,25,27)(H,28,29,31). The minimum atomic E-state index is -0.291. The summed E-state index contributed by atoms with van der Waals surface area (Å²) in [6.07, 6.45) is 6.42. The summed E-state index contributed by atoms with van der Waals surface area (Å²) >= 11 is 0. The van der Waals surface area contributed by atoms with Crippen LogP contribution in [0.25, 0.3) is 0 Å². The van der Waals surface area contributed by atoms with Crippen molar-refractivity contribution >= 4 is 17.5 Å². The summed E-state index contributed by atoms with van der Waals surface area (Å²) in [5, 5.41) is 16.7. The van der Waals surface area contributed by atoms with Crippen molar-refractivity contribution in [3.05, 3.63) is 34.9 Å². The number of nitrogens with one attached hydrogen (secondary N) is 4. The van der Waals surface area contributed by atoms with Crippen LogP contribution in [0.2, 0.25) is 0 Å². The van der Waals surface area contributed by atoms with Gasteiger partial charge in [0.25, 0.3) is 0 Å². The minimum Gasteiger partial charge on any atom is -0.490 e. The molecule has 2 aromatic rings. The van der Waals surface area contributed by atoms with Gasteiger partial charge in [0.05, 0.1) is 6.20 Å². The Morgan fingerprint density at radius 2 is 2.09 bits per heavy atom. The lowest BCUT2D eigenvalue weighted by Gasteiger charge is -2.31. The fourth-order valence-electron chi connectivity index (χ4n) is 4.30. The van der Waals surface area contributed by atoms with Crippen molar-refractivity contribution in [2.24, 2.45) is 11.5 Å². The fourth-order valence-corrected chi connectivity index (χ4v) is 4.30. The van der Waals surface area contributed by atoms with Crippen LogP contribution in [0.4, 0.5) is 11.5 Å². The van der Waals surface area contributed by atoms with Gasteiger partial charge in [0, 0.05) is 25.2 Å². The van der Waals surface area contributed by atoms with Gasteiger partial charge in [-0.2, -0.15) is 4.98 Å². The maximum atomic E-state index is 12.8. The quantitative estimate of drug-likeness (QED) is 0.158. The number of hydrogen-bond donors (Lipinski definition) is 6. The van der Waals surface area contributed by atoms with E-state index in [0.717, 1.165) is 38.6 Å². The van der Waals surface area contributed by atoms with Crippen molar-refractivity contribution in [2.75, 3.05) is 31.6 Å². The lowest BCUT2D eigenvalue weighted by molar-refractivity contribution is 0.282. The van der Waals surface area contributed by atoms with Crippen molar-refractivity contribution in [3.8, 4) is 17.2 Å². The second kappa shape index (κ2) is 10.5. The molecule has 0 saturated heterocycles. The predicted octanol–water partition coefficient (Wildman–Crippen LogP) is 1.38. The molecule has 2 heterocycles. The number of guanidine groups is 1. The van der Waals surface area contributed by atoms with Gasteiger partial charge < -0.3 is 36.9 Å². The molecule has 11 nitrogen and oxygen atoms in total. The number of anilines is 2. The lowest BCUT2D eigenvalue weighted by Crippen LogP contribution is -2.38. The molecule has 1 fully saturated rings. The first-order valence-electron chi connectivity index (χ1n) is 11.4. The molecule has 4 rings (SSSR count). The van der Waals surface area contributed by atoms with Gasteiger partial charge in [0.2, 0.25) is 0 Å². The number of rotatable bonds is 9. The lowest BCUT2D eigenvalue weighted by atomic mass is 9.91. The molecule has 1 aromatic heterocycles. The normalized spacial score (nSPS) is 18.9. The zero-order chi connectivity index (χ0) is 23.2. The van der Waals surface area contributed by atoms with E-state index in [4.69, 9.17) is 26.4 Å². The molecular formula is C22H32N8O3. The van der Waals surface area contributed by atoms with E-state index in [1.165, 1.54) is 0 Å². The second-order valence-corrected chi connectivity index (χ2v) is 8.29. The first-order chi connectivity index (χ1) is 16.0. The topological polar surface area (TPSA) is 165 Å². The molecule has 0 bridgehead atoms. The number of para-hydroxylation sites is 1. The number of nitrogens with zero attached hydrogens (tertiary/aromatic N) is 2. The van der Waals surface area contributed by atoms with Crippen LogP contribution >= 0.6 is 0 Å². The van der Waals surface area contributed by atoms with Crippen LogP contribution in [-0.2, 0) is 0 Å². The molecule has 1 saturated carbocycles. The third-order valence-electron chi connectivity index (χ3n) is 5.94. The van der Waals surface area contributed by atoms with Crippen molar-refractivity contribution < 1.29 is 9.47 Å². The Morgan fingerprint density at radius 1 is 1.27 bits per heavy atom. The van der Waals surface area contributed by atoms with Gasteiger partial charge in [0.15, 0.2) is 23.3 Å². The highest BCUT2D eigenvalue weighted by Gasteiger charge is 2.27. The molecule has 11 heteroatoms. The van der Waals surface area contributed by atoms with E-state index < -0.39 is 0 Å². The van der Waals surface area contributed by atoms with E-state index in [1.807, 2.05) is 18.2 Å². The molecular weight excluding hydrogens is 424 g/mol. The summed E-state index contributed by atoms with van der Waals surface area (Å²) in [5.74, 6) is 2.15. The molecule has 0 amide bonds. The van der Waals surface area contributed by atoms with Crippen LogP contribution in [0.1, 0.15) is 38.1 Å². The van der Waals surface area contributed by atoms with Crippen LogP contribution in [-0.4, -0.2) is 47.8 Å². The molecule has 0 unspecified atom stereocenters. The molecule has 1 aliphatic carbocycles. The molecule has 33 heavy (non-hydrogen) atoms. The van der Waals surface area contributed by atoms with Crippen LogP contribution in [0, 0.1) is 5.41 Å². The highest BCUT2D eigenvalue weighted by atomic mass is 16.5. The summed E-state index contributed by atoms with van der Waals surface area (Å²) in [5.41, 5.74) is 11.2. The molecule has 2 aliphatic rings. The summed E-state index contributed by atoms with van der Waals surface area (Å²) in [6.45, 7) is 2.34. The van der Waals surface area contributed by atoms with Crippen molar-refractivity contribution in [1.82, 2.24) is 20.2 Å². The number of ether oxygens (including phenoxy) is 2. The number of fused-ring (bicyclic) bond motifs is 2. The largest absolute Gasteiger partial charge is 0.490 e. The van der Waals surface area contributed by atoms with Crippen LogP contribution in [0.15, 0.2) is 29.2 Å². The van der Waals surface area contributed by atoms with E-state index in [9.17, 15) is 4.79 Å². The van der Waals surface area contributed by atoms with Gasteiger partial charge in [-0.25, -0.2) is 4.79 Å². The van der Waals surface area contributed by atoms with E-state index in [-0.39, 0.29) is 17.7 Å². The SMILES string of the molecule is N=C(N)NCCCNC1CCC(n2cc3c(nc2=O)Nc2c(OCCN)cccc2O3)CC1. The number of aromatic nitrogens is 2. The molecule has 1 aliphatic heterocycles. The first-order valence-corrected chi connectivity index (χ1v) is 11.4. The molecule has 1 aromatic carbocycles. The van der Waals surface area contributed by atoms with Crippen molar-refractivity contribution in [2.45, 2.75) is 44.2 Å². The van der Waals surface area contributed by atoms with Gasteiger partial charge in [-0.05, 0) is 50.8 Å². The number of nitrogens with two attached hydrogens (primary N) is 2. The Kier molecular flexibility index (Phi) is 7.30. The second-order valence-electron chi connectivity index (χ2n) is 8.29. The van der Waals surface area contributed by atoms with Crippen LogP contribution in [0.3, 0.4) is 0 Å². The molecule has 0 spiro atoms. The first kappa shape index (κ1) is 22.9.